The van der Waals surface area contributed by atoms with Crippen LogP contribution < -0.4 is 4.74 Å². The lowest BCUT2D eigenvalue weighted by molar-refractivity contribution is -0.145. The van der Waals surface area contributed by atoms with Crippen molar-refractivity contribution in [3.05, 3.63) is 29.8 Å². The molecule has 0 bridgehead atoms. The molecule has 0 fully saturated rings. The number of aliphatic hydroxyl groups is 1. The third-order valence-electron chi connectivity index (χ3n) is 2.41. The van der Waals surface area contributed by atoms with Gasteiger partial charge in [-0.15, -0.1) is 0 Å². The van der Waals surface area contributed by atoms with E-state index < -0.39 is 6.10 Å². The molecule has 0 aliphatic carbocycles. The van der Waals surface area contributed by atoms with Crippen LogP contribution in [0.1, 0.15) is 25.8 Å². The number of esters is 1. The Morgan fingerprint density at radius 1 is 1.22 bits per heavy atom. The number of hydrogen-bond donors (Lipinski definition) is 1. The van der Waals surface area contributed by atoms with E-state index in [-0.39, 0.29) is 12.4 Å². The van der Waals surface area contributed by atoms with Crippen molar-refractivity contribution in [2.45, 2.75) is 32.8 Å². The first-order chi connectivity index (χ1) is 8.65. The molecule has 1 aromatic carbocycles. The van der Waals surface area contributed by atoms with Crippen LogP contribution in [0.4, 0.5) is 0 Å². The van der Waals surface area contributed by atoms with Crippen molar-refractivity contribution in [1.82, 2.24) is 0 Å². The topological polar surface area (TPSA) is 55.8 Å². The van der Waals surface area contributed by atoms with E-state index in [2.05, 4.69) is 0 Å². The molecule has 1 rings (SSSR count). The lowest BCUT2D eigenvalue weighted by Gasteiger charge is -2.10. The van der Waals surface area contributed by atoms with Crippen molar-refractivity contribution in [3.63, 3.8) is 0 Å². The summed E-state index contributed by atoms with van der Waals surface area (Å²) in [4.78, 5) is 11.2. The minimum absolute atomic E-state index is 0.0288. The van der Waals surface area contributed by atoms with E-state index in [0.717, 1.165) is 11.3 Å². The average molecular weight is 252 g/mol. The minimum Gasteiger partial charge on any atom is -0.494 e. The summed E-state index contributed by atoms with van der Waals surface area (Å²) in [7, 11) is 0. The maximum Gasteiger partial charge on any atom is 0.308 e. The predicted octanol–water partition coefficient (Wildman–Crippen LogP) is 1.94. The van der Waals surface area contributed by atoms with Crippen molar-refractivity contribution in [3.8, 4) is 5.75 Å². The van der Waals surface area contributed by atoms with E-state index in [9.17, 15) is 9.90 Å². The molecular weight excluding hydrogens is 232 g/mol. The van der Waals surface area contributed by atoms with E-state index in [0.29, 0.717) is 19.6 Å². The van der Waals surface area contributed by atoms with Gasteiger partial charge in [-0.2, -0.15) is 0 Å². The first kappa shape index (κ1) is 14.5. The summed E-state index contributed by atoms with van der Waals surface area (Å²) >= 11 is 0. The summed E-state index contributed by atoms with van der Waals surface area (Å²) < 4.78 is 10.1. The molecule has 1 atom stereocenters. The van der Waals surface area contributed by atoms with Crippen molar-refractivity contribution in [1.29, 1.82) is 0 Å². The van der Waals surface area contributed by atoms with E-state index in [1.165, 1.54) is 0 Å². The number of hydrogen-bond acceptors (Lipinski definition) is 4. The SMILES string of the molecule is CCOC(=O)C[C@H](O)Cc1ccc(OCC)cc1. The number of rotatable bonds is 7. The fraction of sp³-hybridized carbons (Fsp3) is 0.500. The third-order valence-corrected chi connectivity index (χ3v) is 2.41. The van der Waals surface area contributed by atoms with Gasteiger partial charge in [-0.05, 0) is 38.0 Å². The molecule has 0 spiro atoms. The summed E-state index contributed by atoms with van der Waals surface area (Å²) in [6.45, 7) is 4.65. The van der Waals surface area contributed by atoms with Gasteiger partial charge in [0.1, 0.15) is 5.75 Å². The number of benzene rings is 1. The molecule has 0 amide bonds. The Morgan fingerprint density at radius 3 is 2.44 bits per heavy atom. The normalized spacial score (nSPS) is 11.9. The number of ether oxygens (including phenoxy) is 2. The average Bonchev–Trinajstić information content (AvgIpc) is 2.32. The molecule has 18 heavy (non-hydrogen) atoms. The molecule has 0 aromatic heterocycles. The molecule has 0 radical (unpaired) electrons. The molecule has 0 unspecified atom stereocenters. The van der Waals surface area contributed by atoms with Gasteiger partial charge in [-0.25, -0.2) is 0 Å². The van der Waals surface area contributed by atoms with E-state index in [1.54, 1.807) is 6.92 Å². The van der Waals surface area contributed by atoms with Crippen LogP contribution in [-0.4, -0.2) is 30.4 Å². The van der Waals surface area contributed by atoms with Crippen molar-refractivity contribution in [2.75, 3.05) is 13.2 Å². The maximum atomic E-state index is 11.2. The van der Waals surface area contributed by atoms with Crippen LogP contribution in [0.5, 0.6) is 5.75 Å². The highest BCUT2D eigenvalue weighted by Crippen LogP contribution is 2.14. The summed E-state index contributed by atoms with van der Waals surface area (Å²) in [5.41, 5.74) is 0.968. The van der Waals surface area contributed by atoms with Gasteiger partial charge in [0.15, 0.2) is 0 Å². The summed E-state index contributed by atoms with van der Waals surface area (Å²) in [5.74, 6) is 0.442. The van der Waals surface area contributed by atoms with Gasteiger partial charge >= 0.3 is 5.97 Å². The lowest BCUT2D eigenvalue weighted by Crippen LogP contribution is -2.18. The number of carbonyl (C=O) groups excluding carboxylic acids is 1. The Morgan fingerprint density at radius 2 is 1.89 bits per heavy atom. The third kappa shape index (κ3) is 5.19. The molecule has 1 N–H and O–H groups in total. The molecule has 0 saturated carbocycles. The van der Waals surface area contributed by atoms with Crippen LogP contribution in [0.25, 0.3) is 0 Å². The minimum atomic E-state index is -0.706. The maximum absolute atomic E-state index is 11.2. The highest BCUT2D eigenvalue weighted by molar-refractivity contribution is 5.69. The van der Waals surface area contributed by atoms with Crippen molar-refractivity contribution in [2.24, 2.45) is 0 Å². The van der Waals surface area contributed by atoms with E-state index in [4.69, 9.17) is 9.47 Å². The van der Waals surface area contributed by atoms with Gasteiger partial charge < -0.3 is 14.6 Å². The van der Waals surface area contributed by atoms with Gasteiger partial charge in [-0.3, -0.25) is 4.79 Å². The lowest BCUT2D eigenvalue weighted by atomic mass is 10.1. The van der Waals surface area contributed by atoms with Crippen molar-refractivity contribution >= 4 is 5.97 Å². The fourth-order valence-electron chi connectivity index (χ4n) is 1.64. The Bertz CT molecular complexity index is 359. The quantitative estimate of drug-likeness (QED) is 0.753. The van der Waals surface area contributed by atoms with Crippen LogP contribution in [0.15, 0.2) is 24.3 Å². The van der Waals surface area contributed by atoms with Gasteiger partial charge in [0.05, 0.1) is 25.7 Å². The Balaban J connectivity index is 2.43. The fourth-order valence-corrected chi connectivity index (χ4v) is 1.64. The van der Waals surface area contributed by atoms with Crippen LogP contribution in [0.3, 0.4) is 0 Å². The molecule has 0 saturated heterocycles. The molecule has 0 aliphatic heterocycles. The molecular formula is C14H20O4. The van der Waals surface area contributed by atoms with Gasteiger partial charge in [0.2, 0.25) is 0 Å². The smallest absolute Gasteiger partial charge is 0.308 e. The van der Waals surface area contributed by atoms with Gasteiger partial charge in [0.25, 0.3) is 0 Å². The zero-order valence-electron chi connectivity index (χ0n) is 10.9. The molecule has 100 valence electrons. The van der Waals surface area contributed by atoms with Crippen LogP contribution in [0, 0.1) is 0 Å². The molecule has 1 aromatic rings. The number of aliphatic hydroxyl groups excluding tert-OH is 1. The van der Waals surface area contributed by atoms with Crippen LogP contribution in [-0.2, 0) is 16.0 Å². The summed E-state index contributed by atoms with van der Waals surface area (Å²) in [6.07, 6.45) is -0.242. The van der Waals surface area contributed by atoms with Crippen LogP contribution >= 0.6 is 0 Å². The highest BCUT2D eigenvalue weighted by atomic mass is 16.5. The Labute approximate surface area is 108 Å². The zero-order chi connectivity index (χ0) is 13.4. The standard InChI is InChI=1S/C14H20O4/c1-3-17-13-7-5-11(6-8-13)9-12(15)10-14(16)18-4-2/h5-8,12,15H,3-4,9-10H2,1-2H3/t12-/m1/s1. The van der Waals surface area contributed by atoms with Gasteiger partial charge in [0, 0.05) is 0 Å². The second-order valence-corrected chi connectivity index (χ2v) is 3.94. The second-order valence-electron chi connectivity index (χ2n) is 3.94. The Hall–Kier alpha value is -1.55. The second kappa shape index (κ2) is 7.71. The Kier molecular flexibility index (Phi) is 6.22. The predicted molar refractivity (Wildman–Crippen MR) is 68.6 cm³/mol. The first-order valence-electron chi connectivity index (χ1n) is 6.21. The summed E-state index contributed by atoms with van der Waals surface area (Å²) in [6, 6.07) is 7.49. The van der Waals surface area contributed by atoms with E-state index in [1.807, 2.05) is 31.2 Å². The van der Waals surface area contributed by atoms with Gasteiger partial charge in [-0.1, -0.05) is 12.1 Å². The molecule has 0 heterocycles. The zero-order valence-corrected chi connectivity index (χ0v) is 10.9. The van der Waals surface area contributed by atoms with Crippen molar-refractivity contribution < 1.29 is 19.4 Å². The monoisotopic (exact) mass is 252 g/mol. The molecule has 0 aliphatic rings. The van der Waals surface area contributed by atoms with E-state index >= 15 is 0 Å². The molecule has 4 heteroatoms. The summed E-state index contributed by atoms with van der Waals surface area (Å²) in [5, 5.41) is 9.74. The first-order valence-corrected chi connectivity index (χ1v) is 6.21. The number of carbonyl (C=O) groups is 1. The highest BCUT2D eigenvalue weighted by Gasteiger charge is 2.12. The van der Waals surface area contributed by atoms with Crippen LogP contribution in [0.2, 0.25) is 0 Å². The molecule has 4 nitrogen and oxygen atoms in total. The largest absolute Gasteiger partial charge is 0.494 e.